The van der Waals surface area contributed by atoms with Crippen LogP contribution in [0.3, 0.4) is 0 Å². The van der Waals surface area contributed by atoms with Gasteiger partial charge in [-0.2, -0.15) is 0 Å². The van der Waals surface area contributed by atoms with Crippen LogP contribution >= 0.6 is 0 Å². The van der Waals surface area contributed by atoms with Gasteiger partial charge in [0.25, 0.3) is 0 Å². The highest BCUT2D eigenvalue weighted by molar-refractivity contribution is 5.97. The van der Waals surface area contributed by atoms with Crippen molar-refractivity contribution in [1.29, 1.82) is 0 Å². The molecule has 21 heavy (non-hydrogen) atoms. The van der Waals surface area contributed by atoms with Gasteiger partial charge in [-0.25, -0.2) is 4.79 Å². The SMILES string of the molecule is CCOc1cc2[nH]cc(C(=O)O)c(=O)c2cc1NC(C)=O. The first-order valence-corrected chi connectivity index (χ1v) is 6.27. The van der Waals surface area contributed by atoms with E-state index in [-0.39, 0.29) is 16.9 Å². The molecule has 0 aliphatic carbocycles. The molecule has 110 valence electrons. The van der Waals surface area contributed by atoms with Crippen molar-refractivity contribution in [2.45, 2.75) is 13.8 Å². The number of benzene rings is 1. The van der Waals surface area contributed by atoms with Crippen LogP contribution in [0.1, 0.15) is 24.2 Å². The summed E-state index contributed by atoms with van der Waals surface area (Å²) in [7, 11) is 0. The van der Waals surface area contributed by atoms with Crippen molar-refractivity contribution in [2.75, 3.05) is 11.9 Å². The summed E-state index contributed by atoms with van der Waals surface area (Å²) in [6, 6.07) is 2.96. The topological polar surface area (TPSA) is 108 Å². The Balaban J connectivity index is 2.72. The van der Waals surface area contributed by atoms with Gasteiger partial charge in [-0.1, -0.05) is 0 Å². The smallest absolute Gasteiger partial charge is 0.341 e. The van der Waals surface area contributed by atoms with E-state index in [0.717, 1.165) is 6.20 Å². The Bertz CT molecular complexity index is 779. The number of aromatic amines is 1. The largest absolute Gasteiger partial charge is 0.492 e. The van der Waals surface area contributed by atoms with Crippen molar-refractivity contribution in [3.63, 3.8) is 0 Å². The van der Waals surface area contributed by atoms with Crippen molar-refractivity contribution >= 4 is 28.5 Å². The summed E-state index contributed by atoms with van der Waals surface area (Å²) in [5.74, 6) is -1.23. The molecule has 1 aromatic heterocycles. The minimum atomic E-state index is -1.31. The fraction of sp³-hybridized carbons (Fsp3) is 0.214. The van der Waals surface area contributed by atoms with Gasteiger partial charge in [-0.15, -0.1) is 0 Å². The third kappa shape index (κ3) is 2.86. The number of hydrogen-bond donors (Lipinski definition) is 3. The van der Waals surface area contributed by atoms with E-state index in [9.17, 15) is 14.4 Å². The highest BCUT2D eigenvalue weighted by Crippen LogP contribution is 2.28. The van der Waals surface area contributed by atoms with Gasteiger partial charge in [0.05, 0.1) is 17.8 Å². The zero-order valence-electron chi connectivity index (χ0n) is 11.5. The predicted molar refractivity (Wildman–Crippen MR) is 77.0 cm³/mol. The van der Waals surface area contributed by atoms with E-state index in [4.69, 9.17) is 9.84 Å². The lowest BCUT2D eigenvalue weighted by atomic mass is 10.1. The minimum absolute atomic E-state index is 0.169. The number of nitrogens with one attached hydrogen (secondary N) is 2. The number of ether oxygens (including phenoxy) is 1. The number of H-pyrrole nitrogens is 1. The summed E-state index contributed by atoms with van der Waals surface area (Å²) >= 11 is 0. The van der Waals surface area contributed by atoms with Crippen LogP contribution in [-0.4, -0.2) is 28.6 Å². The molecule has 1 amide bonds. The van der Waals surface area contributed by atoms with Gasteiger partial charge in [-0.3, -0.25) is 9.59 Å². The molecular weight excluding hydrogens is 276 g/mol. The maximum absolute atomic E-state index is 12.1. The molecule has 0 bridgehead atoms. The number of anilines is 1. The zero-order valence-corrected chi connectivity index (χ0v) is 11.5. The van der Waals surface area contributed by atoms with Crippen LogP contribution in [0, 0.1) is 0 Å². The molecule has 3 N–H and O–H groups in total. The molecule has 0 aliphatic rings. The lowest BCUT2D eigenvalue weighted by Crippen LogP contribution is -2.16. The van der Waals surface area contributed by atoms with Crippen LogP contribution in [0.4, 0.5) is 5.69 Å². The molecule has 2 rings (SSSR count). The maximum atomic E-state index is 12.1. The number of aromatic nitrogens is 1. The third-order valence-electron chi connectivity index (χ3n) is 2.82. The summed E-state index contributed by atoms with van der Waals surface area (Å²) in [5, 5.41) is 11.7. The normalized spacial score (nSPS) is 10.4. The van der Waals surface area contributed by atoms with Crippen LogP contribution < -0.4 is 15.5 Å². The van der Waals surface area contributed by atoms with Crippen molar-refractivity contribution < 1.29 is 19.4 Å². The molecular formula is C14H14N2O5. The quantitative estimate of drug-likeness (QED) is 0.792. The van der Waals surface area contributed by atoms with Gasteiger partial charge in [0.15, 0.2) is 0 Å². The van der Waals surface area contributed by atoms with E-state index in [1.807, 2.05) is 0 Å². The maximum Gasteiger partial charge on any atom is 0.341 e. The van der Waals surface area contributed by atoms with E-state index in [0.29, 0.717) is 23.6 Å². The fourth-order valence-electron chi connectivity index (χ4n) is 1.97. The number of rotatable bonds is 4. The molecule has 0 spiro atoms. The first-order valence-electron chi connectivity index (χ1n) is 6.27. The van der Waals surface area contributed by atoms with Crippen molar-refractivity contribution in [3.8, 4) is 5.75 Å². The second-order valence-corrected chi connectivity index (χ2v) is 4.34. The van der Waals surface area contributed by atoms with E-state index in [1.54, 1.807) is 13.0 Å². The monoisotopic (exact) mass is 290 g/mol. The lowest BCUT2D eigenvalue weighted by molar-refractivity contribution is -0.114. The van der Waals surface area contributed by atoms with Gasteiger partial charge in [0, 0.05) is 24.6 Å². The molecule has 0 unspecified atom stereocenters. The molecule has 1 aromatic carbocycles. The average Bonchev–Trinajstić information content (AvgIpc) is 2.40. The Kier molecular flexibility index (Phi) is 3.93. The van der Waals surface area contributed by atoms with Crippen LogP contribution in [0.25, 0.3) is 10.9 Å². The van der Waals surface area contributed by atoms with E-state index in [1.165, 1.54) is 13.0 Å². The third-order valence-corrected chi connectivity index (χ3v) is 2.82. The van der Waals surface area contributed by atoms with Gasteiger partial charge < -0.3 is 20.1 Å². The number of aromatic carboxylic acids is 1. The Hall–Kier alpha value is -2.83. The lowest BCUT2D eigenvalue weighted by Gasteiger charge is -2.12. The number of carbonyl (C=O) groups excluding carboxylic acids is 1. The standard InChI is InChI=1S/C14H14N2O5/c1-3-21-12-5-10-8(4-11(12)16-7(2)17)13(18)9(6-15-10)14(19)20/h4-6H,3H2,1-2H3,(H,15,18)(H,16,17)(H,19,20). The van der Waals surface area contributed by atoms with Crippen molar-refractivity contribution in [2.24, 2.45) is 0 Å². The number of carboxylic acid groups (broad SMARTS) is 1. The Labute approximate surface area is 119 Å². The van der Waals surface area contributed by atoms with E-state index in [2.05, 4.69) is 10.3 Å². The number of fused-ring (bicyclic) bond motifs is 1. The van der Waals surface area contributed by atoms with Crippen LogP contribution in [-0.2, 0) is 4.79 Å². The molecule has 0 saturated carbocycles. The van der Waals surface area contributed by atoms with Crippen LogP contribution in [0.5, 0.6) is 5.75 Å². The van der Waals surface area contributed by atoms with Gasteiger partial charge in [-0.05, 0) is 13.0 Å². The molecule has 1 heterocycles. The fourth-order valence-corrected chi connectivity index (χ4v) is 1.97. The summed E-state index contributed by atoms with van der Waals surface area (Å²) in [6.45, 7) is 3.51. The Morgan fingerprint density at radius 2 is 2.10 bits per heavy atom. The molecule has 0 atom stereocenters. The first kappa shape index (κ1) is 14.6. The highest BCUT2D eigenvalue weighted by Gasteiger charge is 2.15. The molecule has 7 nitrogen and oxygen atoms in total. The number of carbonyl (C=O) groups is 2. The summed E-state index contributed by atoms with van der Waals surface area (Å²) in [4.78, 5) is 37.1. The predicted octanol–water partition coefficient (Wildman–Crippen LogP) is 1.58. The van der Waals surface area contributed by atoms with Crippen molar-refractivity contribution in [3.05, 3.63) is 34.1 Å². The molecule has 7 heteroatoms. The first-order chi connectivity index (χ1) is 9.93. The van der Waals surface area contributed by atoms with Gasteiger partial charge in [0.2, 0.25) is 11.3 Å². The summed E-state index contributed by atoms with van der Waals surface area (Å²) in [6.07, 6.45) is 1.14. The van der Waals surface area contributed by atoms with Gasteiger partial charge in [0.1, 0.15) is 11.3 Å². The van der Waals surface area contributed by atoms with E-state index < -0.39 is 11.4 Å². The second kappa shape index (κ2) is 5.66. The molecule has 2 aromatic rings. The summed E-state index contributed by atoms with van der Waals surface area (Å²) in [5.41, 5.74) is -0.223. The molecule has 0 saturated heterocycles. The molecule has 0 fully saturated rings. The number of pyridine rings is 1. The Morgan fingerprint density at radius 3 is 2.67 bits per heavy atom. The highest BCUT2D eigenvalue weighted by atomic mass is 16.5. The van der Waals surface area contributed by atoms with Crippen LogP contribution in [0.2, 0.25) is 0 Å². The molecule has 0 aliphatic heterocycles. The average molecular weight is 290 g/mol. The second-order valence-electron chi connectivity index (χ2n) is 4.34. The van der Waals surface area contributed by atoms with Crippen LogP contribution in [0.15, 0.2) is 23.1 Å². The number of amides is 1. The van der Waals surface area contributed by atoms with Gasteiger partial charge >= 0.3 is 5.97 Å². The molecule has 0 radical (unpaired) electrons. The number of carboxylic acids is 1. The number of hydrogen-bond acceptors (Lipinski definition) is 4. The zero-order chi connectivity index (χ0) is 15.6. The Morgan fingerprint density at radius 1 is 1.38 bits per heavy atom. The summed E-state index contributed by atoms with van der Waals surface area (Å²) < 4.78 is 5.41. The minimum Gasteiger partial charge on any atom is -0.492 e. The van der Waals surface area contributed by atoms with E-state index >= 15 is 0 Å². The van der Waals surface area contributed by atoms with Crippen molar-refractivity contribution in [1.82, 2.24) is 4.98 Å².